The average Bonchev–Trinajstić information content (AvgIpc) is 2.43. The van der Waals surface area contributed by atoms with Gasteiger partial charge in [-0.15, -0.1) is 0 Å². The molecule has 0 atom stereocenters. The van der Waals surface area contributed by atoms with E-state index in [1.54, 1.807) is 6.92 Å². The monoisotopic (exact) mass is 312 g/mol. The number of carbonyl (C=O) groups is 1. The number of nitrogens with one attached hydrogen (secondary N) is 1. The third-order valence-electron chi connectivity index (χ3n) is 3.21. The number of nitrogens with zero attached hydrogens (tertiary/aromatic N) is 1. The van der Waals surface area contributed by atoms with E-state index in [0.717, 1.165) is 18.5 Å². The Morgan fingerprint density at radius 1 is 1.19 bits per heavy atom. The largest absolute Gasteiger partial charge is 0.378 e. The van der Waals surface area contributed by atoms with Crippen LogP contribution in [-0.2, 0) is 21.1 Å². The van der Waals surface area contributed by atoms with Crippen LogP contribution >= 0.6 is 0 Å². The molecule has 1 aromatic rings. The summed E-state index contributed by atoms with van der Waals surface area (Å²) in [4.78, 5) is 13.5. The summed E-state index contributed by atoms with van der Waals surface area (Å²) in [6.45, 7) is 2.04. The van der Waals surface area contributed by atoms with Crippen LogP contribution in [0.4, 0.5) is 5.69 Å². The SMILES string of the molecule is CCS(=O)(=O)CC(=O)NCCCc1ccc(N(C)C)cc1. The van der Waals surface area contributed by atoms with Gasteiger partial charge in [0.2, 0.25) is 5.91 Å². The maximum atomic E-state index is 11.5. The predicted octanol–water partition coefficient (Wildman–Crippen LogP) is 1.24. The molecule has 6 heteroatoms. The van der Waals surface area contributed by atoms with E-state index in [0.29, 0.717) is 6.54 Å². The molecule has 0 fully saturated rings. The van der Waals surface area contributed by atoms with Gasteiger partial charge >= 0.3 is 0 Å². The molecule has 0 spiro atoms. The van der Waals surface area contributed by atoms with Gasteiger partial charge in [-0.3, -0.25) is 4.79 Å². The van der Waals surface area contributed by atoms with Crippen molar-refractivity contribution >= 4 is 21.4 Å². The summed E-state index contributed by atoms with van der Waals surface area (Å²) in [6, 6.07) is 8.25. The smallest absolute Gasteiger partial charge is 0.235 e. The fraction of sp³-hybridized carbons (Fsp3) is 0.533. The van der Waals surface area contributed by atoms with Crippen molar-refractivity contribution in [3.8, 4) is 0 Å². The summed E-state index contributed by atoms with van der Waals surface area (Å²) < 4.78 is 22.6. The number of amides is 1. The van der Waals surface area contributed by atoms with E-state index in [2.05, 4.69) is 29.6 Å². The van der Waals surface area contributed by atoms with E-state index >= 15 is 0 Å². The molecule has 0 saturated carbocycles. The van der Waals surface area contributed by atoms with Gasteiger partial charge in [0, 0.05) is 32.1 Å². The highest BCUT2D eigenvalue weighted by Gasteiger charge is 2.13. The highest BCUT2D eigenvalue weighted by Crippen LogP contribution is 2.13. The van der Waals surface area contributed by atoms with Crippen LogP contribution in [0.3, 0.4) is 0 Å². The molecule has 1 aromatic carbocycles. The molecule has 0 aromatic heterocycles. The van der Waals surface area contributed by atoms with Gasteiger partial charge < -0.3 is 10.2 Å². The minimum atomic E-state index is -3.24. The summed E-state index contributed by atoms with van der Waals surface area (Å²) in [6.07, 6.45) is 1.65. The maximum Gasteiger partial charge on any atom is 0.235 e. The van der Waals surface area contributed by atoms with Gasteiger partial charge in [0.05, 0.1) is 0 Å². The molecule has 0 aliphatic rings. The summed E-state index contributed by atoms with van der Waals surface area (Å²) in [5, 5.41) is 2.65. The predicted molar refractivity (Wildman–Crippen MR) is 86.4 cm³/mol. The summed E-state index contributed by atoms with van der Waals surface area (Å²) in [7, 11) is 0.752. The summed E-state index contributed by atoms with van der Waals surface area (Å²) in [5.74, 6) is -0.834. The van der Waals surface area contributed by atoms with Gasteiger partial charge in [-0.25, -0.2) is 8.42 Å². The van der Waals surface area contributed by atoms with Crippen molar-refractivity contribution in [3.63, 3.8) is 0 Å². The van der Waals surface area contributed by atoms with Crippen LogP contribution in [-0.4, -0.2) is 46.5 Å². The Morgan fingerprint density at radius 3 is 2.33 bits per heavy atom. The molecular weight excluding hydrogens is 288 g/mol. The Hall–Kier alpha value is -1.56. The fourth-order valence-corrected chi connectivity index (χ4v) is 2.54. The molecule has 0 saturated heterocycles. The Labute approximate surface area is 127 Å². The van der Waals surface area contributed by atoms with Crippen molar-refractivity contribution in [1.29, 1.82) is 0 Å². The molecule has 1 N–H and O–H groups in total. The van der Waals surface area contributed by atoms with Gasteiger partial charge in [0.1, 0.15) is 5.75 Å². The van der Waals surface area contributed by atoms with Crippen molar-refractivity contribution < 1.29 is 13.2 Å². The highest BCUT2D eigenvalue weighted by molar-refractivity contribution is 7.92. The third kappa shape index (κ3) is 6.62. The van der Waals surface area contributed by atoms with Crippen LogP contribution in [0, 0.1) is 0 Å². The second-order valence-electron chi connectivity index (χ2n) is 5.19. The van der Waals surface area contributed by atoms with Gasteiger partial charge in [0.15, 0.2) is 9.84 Å². The number of hydrogen-bond acceptors (Lipinski definition) is 4. The number of aryl methyl sites for hydroxylation is 1. The Balaban J connectivity index is 2.29. The fourth-order valence-electron chi connectivity index (χ4n) is 1.83. The normalized spacial score (nSPS) is 11.2. The van der Waals surface area contributed by atoms with Crippen LogP contribution in [0.1, 0.15) is 18.9 Å². The van der Waals surface area contributed by atoms with Crippen LogP contribution in [0.25, 0.3) is 0 Å². The quantitative estimate of drug-likeness (QED) is 0.733. The van der Waals surface area contributed by atoms with Crippen LogP contribution < -0.4 is 10.2 Å². The van der Waals surface area contributed by atoms with Crippen molar-refractivity contribution in [2.75, 3.05) is 37.0 Å². The molecule has 0 radical (unpaired) electrons. The summed E-state index contributed by atoms with van der Waals surface area (Å²) >= 11 is 0. The minimum absolute atomic E-state index is 0.00135. The third-order valence-corrected chi connectivity index (χ3v) is 4.79. The Morgan fingerprint density at radius 2 is 1.81 bits per heavy atom. The number of sulfone groups is 1. The van der Waals surface area contributed by atoms with Gasteiger partial charge in [-0.1, -0.05) is 19.1 Å². The van der Waals surface area contributed by atoms with Crippen molar-refractivity contribution in [3.05, 3.63) is 29.8 Å². The topological polar surface area (TPSA) is 66.5 Å². The van der Waals surface area contributed by atoms with Crippen molar-refractivity contribution in [1.82, 2.24) is 5.32 Å². The number of rotatable bonds is 8. The van der Waals surface area contributed by atoms with Crippen LogP contribution in [0.5, 0.6) is 0 Å². The average molecular weight is 312 g/mol. The highest BCUT2D eigenvalue weighted by atomic mass is 32.2. The first kappa shape index (κ1) is 17.5. The van der Waals surface area contributed by atoms with E-state index in [9.17, 15) is 13.2 Å². The number of anilines is 1. The first-order valence-corrected chi connectivity index (χ1v) is 8.89. The molecule has 0 heterocycles. The standard InChI is InChI=1S/C15H24N2O3S/c1-4-21(19,20)12-15(18)16-11-5-6-13-7-9-14(10-8-13)17(2)3/h7-10H,4-6,11-12H2,1-3H3,(H,16,18). The van der Waals surface area contributed by atoms with Gasteiger partial charge in [-0.05, 0) is 30.5 Å². The van der Waals surface area contributed by atoms with E-state index in [-0.39, 0.29) is 5.75 Å². The first-order chi connectivity index (χ1) is 9.84. The van der Waals surface area contributed by atoms with Gasteiger partial charge in [0.25, 0.3) is 0 Å². The van der Waals surface area contributed by atoms with E-state index in [4.69, 9.17) is 0 Å². The number of carbonyl (C=O) groups excluding carboxylic acids is 1. The molecule has 1 rings (SSSR count). The molecular formula is C15H24N2O3S. The molecule has 21 heavy (non-hydrogen) atoms. The Bertz CT molecular complexity index is 551. The molecule has 0 bridgehead atoms. The zero-order valence-electron chi connectivity index (χ0n) is 12.9. The molecule has 0 aliphatic carbocycles. The Kier molecular flexibility index (Phi) is 6.68. The minimum Gasteiger partial charge on any atom is -0.378 e. The molecule has 5 nitrogen and oxygen atoms in total. The van der Waals surface area contributed by atoms with Gasteiger partial charge in [-0.2, -0.15) is 0 Å². The maximum absolute atomic E-state index is 11.5. The van der Waals surface area contributed by atoms with Crippen molar-refractivity contribution in [2.45, 2.75) is 19.8 Å². The zero-order valence-corrected chi connectivity index (χ0v) is 13.7. The second-order valence-corrected chi connectivity index (χ2v) is 7.54. The lowest BCUT2D eigenvalue weighted by Crippen LogP contribution is -2.31. The zero-order chi connectivity index (χ0) is 15.9. The first-order valence-electron chi connectivity index (χ1n) is 7.07. The van der Waals surface area contributed by atoms with Crippen LogP contribution in [0.2, 0.25) is 0 Å². The van der Waals surface area contributed by atoms with Crippen LogP contribution in [0.15, 0.2) is 24.3 Å². The van der Waals surface area contributed by atoms with Crippen molar-refractivity contribution in [2.24, 2.45) is 0 Å². The molecule has 1 amide bonds. The number of benzene rings is 1. The molecule has 0 aliphatic heterocycles. The molecule has 118 valence electrons. The number of hydrogen-bond donors (Lipinski definition) is 1. The molecule has 0 unspecified atom stereocenters. The second kappa shape index (κ2) is 8.02. The van der Waals surface area contributed by atoms with E-state index in [1.165, 1.54) is 5.56 Å². The van der Waals surface area contributed by atoms with E-state index < -0.39 is 21.5 Å². The summed E-state index contributed by atoms with van der Waals surface area (Å²) in [5.41, 5.74) is 2.35. The lowest BCUT2D eigenvalue weighted by atomic mass is 10.1. The lowest BCUT2D eigenvalue weighted by molar-refractivity contribution is -0.118. The van der Waals surface area contributed by atoms with E-state index in [1.807, 2.05) is 19.0 Å². The lowest BCUT2D eigenvalue weighted by Gasteiger charge is -2.12.